The Bertz CT molecular complexity index is 744. The van der Waals surface area contributed by atoms with Crippen LogP contribution >= 0.6 is 0 Å². The van der Waals surface area contributed by atoms with E-state index in [9.17, 15) is 9.59 Å². The molecule has 3 heterocycles. The SMILES string of the molecule is CC(=O)N1CCCC(C(=O)N(C)Cc2cc(-c3ccccn3)no2)C1. The lowest BCUT2D eigenvalue weighted by atomic mass is 9.96. The number of hydrogen-bond acceptors (Lipinski definition) is 5. The van der Waals surface area contributed by atoms with E-state index in [0.717, 1.165) is 25.1 Å². The number of nitrogens with zero attached hydrogens (tertiary/aromatic N) is 4. The molecule has 0 spiro atoms. The molecule has 132 valence electrons. The first-order chi connectivity index (χ1) is 12.0. The third-order valence-electron chi connectivity index (χ3n) is 4.47. The number of piperidine rings is 1. The number of carbonyl (C=O) groups excluding carboxylic acids is 2. The summed E-state index contributed by atoms with van der Waals surface area (Å²) in [6, 6.07) is 7.38. The van der Waals surface area contributed by atoms with Crippen LogP contribution < -0.4 is 0 Å². The summed E-state index contributed by atoms with van der Waals surface area (Å²) < 4.78 is 5.34. The van der Waals surface area contributed by atoms with Crippen molar-refractivity contribution in [2.75, 3.05) is 20.1 Å². The Kier molecular flexibility index (Phi) is 5.11. The number of aromatic nitrogens is 2. The Morgan fingerprint density at radius 2 is 2.20 bits per heavy atom. The van der Waals surface area contributed by atoms with Crippen LogP contribution in [0, 0.1) is 5.92 Å². The molecule has 7 nitrogen and oxygen atoms in total. The minimum atomic E-state index is -0.152. The van der Waals surface area contributed by atoms with E-state index >= 15 is 0 Å². The third kappa shape index (κ3) is 4.04. The second kappa shape index (κ2) is 7.46. The molecule has 2 aromatic heterocycles. The van der Waals surface area contributed by atoms with Gasteiger partial charge in [-0.15, -0.1) is 0 Å². The van der Waals surface area contributed by atoms with Crippen molar-refractivity contribution in [1.82, 2.24) is 19.9 Å². The van der Waals surface area contributed by atoms with Crippen molar-refractivity contribution in [2.24, 2.45) is 5.92 Å². The topological polar surface area (TPSA) is 79.5 Å². The summed E-state index contributed by atoms with van der Waals surface area (Å²) >= 11 is 0. The Labute approximate surface area is 146 Å². The van der Waals surface area contributed by atoms with Crippen LogP contribution in [-0.4, -0.2) is 51.9 Å². The highest BCUT2D eigenvalue weighted by Gasteiger charge is 2.29. The van der Waals surface area contributed by atoms with Gasteiger partial charge in [-0.1, -0.05) is 11.2 Å². The van der Waals surface area contributed by atoms with Crippen molar-refractivity contribution in [3.63, 3.8) is 0 Å². The van der Waals surface area contributed by atoms with Crippen LogP contribution in [0.2, 0.25) is 0 Å². The molecule has 1 aliphatic rings. The lowest BCUT2D eigenvalue weighted by Gasteiger charge is -2.33. The molecule has 0 aliphatic carbocycles. The van der Waals surface area contributed by atoms with Gasteiger partial charge in [0.05, 0.1) is 18.2 Å². The van der Waals surface area contributed by atoms with E-state index in [0.29, 0.717) is 24.5 Å². The molecule has 1 unspecified atom stereocenters. The van der Waals surface area contributed by atoms with Gasteiger partial charge in [-0.25, -0.2) is 0 Å². The molecule has 1 aliphatic heterocycles. The van der Waals surface area contributed by atoms with Crippen LogP contribution in [-0.2, 0) is 16.1 Å². The summed E-state index contributed by atoms with van der Waals surface area (Å²) in [6.07, 6.45) is 3.36. The molecule has 0 aromatic carbocycles. The van der Waals surface area contributed by atoms with E-state index in [2.05, 4.69) is 10.1 Å². The number of amides is 2. The average Bonchev–Trinajstić information content (AvgIpc) is 3.10. The predicted molar refractivity (Wildman–Crippen MR) is 91.2 cm³/mol. The van der Waals surface area contributed by atoms with Gasteiger partial charge in [0.1, 0.15) is 5.69 Å². The molecule has 1 fully saturated rings. The Morgan fingerprint density at radius 1 is 1.36 bits per heavy atom. The van der Waals surface area contributed by atoms with Gasteiger partial charge in [0.2, 0.25) is 11.8 Å². The summed E-state index contributed by atoms with van der Waals surface area (Å²) in [5.41, 5.74) is 1.38. The zero-order valence-electron chi connectivity index (χ0n) is 14.5. The van der Waals surface area contributed by atoms with Crippen LogP contribution in [0.15, 0.2) is 35.0 Å². The number of carbonyl (C=O) groups is 2. The highest BCUT2D eigenvalue weighted by Crippen LogP contribution is 2.21. The fraction of sp³-hybridized carbons (Fsp3) is 0.444. The Hall–Kier alpha value is -2.70. The standard InChI is InChI=1S/C18H22N4O3/c1-13(23)22-9-5-6-14(11-22)18(24)21(2)12-15-10-17(20-25-15)16-7-3-4-8-19-16/h3-4,7-8,10,14H,5-6,9,11-12H2,1-2H3. The van der Waals surface area contributed by atoms with Crippen LogP contribution in [0.4, 0.5) is 0 Å². The molecule has 0 bridgehead atoms. The van der Waals surface area contributed by atoms with E-state index in [4.69, 9.17) is 4.52 Å². The minimum absolute atomic E-state index is 0.0235. The van der Waals surface area contributed by atoms with Crippen LogP contribution in [0.5, 0.6) is 0 Å². The lowest BCUT2D eigenvalue weighted by molar-refractivity contribution is -0.139. The second-order valence-corrected chi connectivity index (χ2v) is 6.39. The Balaban J connectivity index is 1.62. The van der Waals surface area contributed by atoms with Crippen LogP contribution in [0.1, 0.15) is 25.5 Å². The maximum atomic E-state index is 12.7. The molecule has 3 rings (SSSR count). The van der Waals surface area contributed by atoms with Crippen molar-refractivity contribution in [1.29, 1.82) is 0 Å². The van der Waals surface area contributed by atoms with Crippen molar-refractivity contribution in [2.45, 2.75) is 26.3 Å². The smallest absolute Gasteiger partial charge is 0.227 e. The van der Waals surface area contributed by atoms with E-state index < -0.39 is 0 Å². The highest BCUT2D eigenvalue weighted by atomic mass is 16.5. The summed E-state index contributed by atoms with van der Waals surface area (Å²) in [4.78, 5) is 31.8. The van der Waals surface area contributed by atoms with Gasteiger partial charge in [0.15, 0.2) is 5.76 Å². The first-order valence-corrected chi connectivity index (χ1v) is 8.42. The maximum Gasteiger partial charge on any atom is 0.227 e. The maximum absolute atomic E-state index is 12.7. The van der Waals surface area contributed by atoms with Crippen LogP contribution in [0.3, 0.4) is 0 Å². The normalized spacial score (nSPS) is 17.4. The number of hydrogen-bond donors (Lipinski definition) is 0. The Morgan fingerprint density at radius 3 is 2.92 bits per heavy atom. The van der Waals surface area contributed by atoms with Crippen LogP contribution in [0.25, 0.3) is 11.4 Å². The second-order valence-electron chi connectivity index (χ2n) is 6.39. The van der Waals surface area contributed by atoms with Crippen molar-refractivity contribution in [3.05, 3.63) is 36.2 Å². The number of likely N-dealkylation sites (tertiary alicyclic amines) is 1. The zero-order valence-corrected chi connectivity index (χ0v) is 14.5. The summed E-state index contributed by atoms with van der Waals surface area (Å²) in [5.74, 6) is 0.508. The molecule has 0 N–H and O–H groups in total. The van der Waals surface area contributed by atoms with E-state index in [1.165, 1.54) is 0 Å². The molecule has 2 amide bonds. The van der Waals surface area contributed by atoms with Gasteiger partial charge in [-0.05, 0) is 25.0 Å². The van der Waals surface area contributed by atoms with E-state index in [-0.39, 0.29) is 17.7 Å². The first-order valence-electron chi connectivity index (χ1n) is 8.42. The monoisotopic (exact) mass is 342 g/mol. The van der Waals surface area contributed by atoms with Crippen molar-refractivity contribution in [3.8, 4) is 11.4 Å². The largest absolute Gasteiger partial charge is 0.359 e. The van der Waals surface area contributed by atoms with Gasteiger partial charge in [-0.2, -0.15) is 0 Å². The molecule has 2 aromatic rings. The van der Waals surface area contributed by atoms with Crippen molar-refractivity contribution >= 4 is 11.8 Å². The summed E-state index contributed by atoms with van der Waals surface area (Å²) in [7, 11) is 1.75. The average molecular weight is 342 g/mol. The van der Waals surface area contributed by atoms with Gasteiger partial charge in [-0.3, -0.25) is 14.6 Å². The van der Waals surface area contributed by atoms with Gasteiger partial charge in [0, 0.05) is 39.3 Å². The summed E-state index contributed by atoms with van der Waals surface area (Å²) in [5, 5.41) is 4.02. The lowest BCUT2D eigenvalue weighted by Crippen LogP contribution is -2.45. The predicted octanol–water partition coefficient (Wildman–Crippen LogP) is 1.95. The van der Waals surface area contributed by atoms with E-state index in [1.807, 2.05) is 18.2 Å². The quantitative estimate of drug-likeness (QED) is 0.848. The van der Waals surface area contributed by atoms with E-state index in [1.54, 1.807) is 36.0 Å². The summed E-state index contributed by atoms with van der Waals surface area (Å²) in [6.45, 7) is 3.12. The molecule has 1 saturated heterocycles. The molecule has 7 heteroatoms. The van der Waals surface area contributed by atoms with Gasteiger partial charge in [0.25, 0.3) is 0 Å². The molecular weight excluding hydrogens is 320 g/mol. The minimum Gasteiger partial charge on any atom is -0.359 e. The molecule has 0 saturated carbocycles. The van der Waals surface area contributed by atoms with Gasteiger partial charge < -0.3 is 14.3 Å². The first kappa shape index (κ1) is 17.1. The highest BCUT2D eigenvalue weighted by molar-refractivity contribution is 5.80. The van der Waals surface area contributed by atoms with Gasteiger partial charge >= 0.3 is 0 Å². The molecule has 1 atom stereocenters. The fourth-order valence-corrected chi connectivity index (χ4v) is 3.11. The molecule has 25 heavy (non-hydrogen) atoms. The van der Waals surface area contributed by atoms with Crippen molar-refractivity contribution < 1.29 is 14.1 Å². The number of rotatable bonds is 4. The fourth-order valence-electron chi connectivity index (χ4n) is 3.11. The third-order valence-corrected chi connectivity index (χ3v) is 4.47. The molecular formula is C18H22N4O3. The number of pyridine rings is 1. The molecule has 0 radical (unpaired) electrons. The zero-order chi connectivity index (χ0) is 17.8.